The zero-order valence-corrected chi connectivity index (χ0v) is 11.6. The Bertz CT molecular complexity index is 562. The lowest BCUT2D eigenvalue weighted by atomic mass is 9.99. The van der Waals surface area contributed by atoms with Gasteiger partial charge in [-0.2, -0.15) is 0 Å². The van der Waals surface area contributed by atoms with Gasteiger partial charge in [0.2, 0.25) is 5.91 Å². The number of ether oxygens (including phenoxy) is 1. The van der Waals surface area contributed by atoms with Crippen molar-refractivity contribution in [3.63, 3.8) is 0 Å². The van der Waals surface area contributed by atoms with Gasteiger partial charge in [-0.1, -0.05) is 18.2 Å². The molecule has 1 aromatic carbocycles. The van der Waals surface area contributed by atoms with E-state index in [1.807, 2.05) is 44.4 Å². The van der Waals surface area contributed by atoms with Gasteiger partial charge in [-0.05, 0) is 18.6 Å². The van der Waals surface area contributed by atoms with Crippen LogP contribution in [-0.2, 0) is 9.53 Å². The fourth-order valence-electron chi connectivity index (χ4n) is 2.25. The van der Waals surface area contributed by atoms with Crippen molar-refractivity contribution in [1.82, 2.24) is 9.88 Å². The van der Waals surface area contributed by atoms with Crippen LogP contribution in [0.25, 0.3) is 10.9 Å². The summed E-state index contributed by atoms with van der Waals surface area (Å²) in [5, 5.41) is 1.11. The summed E-state index contributed by atoms with van der Waals surface area (Å²) in [7, 11) is 3.45. The van der Waals surface area contributed by atoms with Gasteiger partial charge in [0.25, 0.3) is 0 Å². The number of carbonyl (C=O) groups excluding carboxylic acids is 1. The fourth-order valence-corrected chi connectivity index (χ4v) is 2.25. The van der Waals surface area contributed by atoms with Crippen molar-refractivity contribution in [3.05, 3.63) is 36.0 Å². The van der Waals surface area contributed by atoms with Gasteiger partial charge in [-0.15, -0.1) is 0 Å². The molecule has 4 nitrogen and oxygen atoms in total. The van der Waals surface area contributed by atoms with Crippen LogP contribution in [0.4, 0.5) is 0 Å². The Labute approximate surface area is 113 Å². The zero-order chi connectivity index (χ0) is 13.8. The number of hydrogen-bond donors (Lipinski definition) is 1. The second kappa shape index (κ2) is 5.89. The van der Waals surface area contributed by atoms with Gasteiger partial charge in [0, 0.05) is 37.8 Å². The molecule has 19 heavy (non-hydrogen) atoms. The molecule has 0 saturated carbocycles. The van der Waals surface area contributed by atoms with Crippen LogP contribution < -0.4 is 0 Å². The van der Waals surface area contributed by atoms with Crippen molar-refractivity contribution in [2.24, 2.45) is 0 Å². The number of hydrogen-bond acceptors (Lipinski definition) is 2. The molecule has 102 valence electrons. The minimum atomic E-state index is -0.155. The SMILES string of the molecule is COCCN(C)C(=O)C(C)c1c[nH]c2ccccc12. The quantitative estimate of drug-likeness (QED) is 0.897. The molecule has 0 aliphatic carbocycles. The van der Waals surface area contributed by atoms with Crippen LogP contribution in [0.2, 0.25) is 0 Å². The summed E-state index contributed by atoms with van der Waals surface area (Å²) in [6.07, 6.45) is 1.93. The van der Waals surface area contributed by atoms with E-state index in [-0.39, 0.29) is 11.8 Å². The number of H-pyrrole nitrogens is 1. The second-order valence-corrected chi connectivity index (χ2v) is 4.76. The molecule has 1 atom stereocenters. The highest BCUT2D eigenvalue weighted by Gasteiger charge is 2.21. The van der Waals surface area contributed by atoms with E-state index < -0.39 is 0 Å². The second-order valence-electron chi connectivity index (χ2n) is 4.76. The molecular weight excluding hydrogens is 240 g/mol. The van der Waals surface area contributed by atoms with Gasteiger partial charge < -0.3 is 14.6 Å². The van der Waals surface area contributed by atoms with Crippen molar-refractivity contribution >= 4 is 16.8 Å². The molecular formula is C15H20N2O2. The van der Waals surface area contributed by atoms with Gasteiger partial charge in [-0.25, -0.2) is 0 Å². The number of carbonyl (C=O) groups is 1. The summed E-state index contributed by atoms with van der Waals surface area (Å²) >= 11 is 0. The Morgan fingerprint density at radius 2 is 2.16 bits per heavy atom. The van der Waals surface area contributed by atoms with Crippen LogP contribution in [-0.4, -0.2) is 43.1 Å². The van der Waals surface area contributed by atoms with Crippen LogP contribution in [0.3, 0.4) is 0 Å². The van der Waals surface area contributed by atoms with Crippen molar-refractivity contribution < 1.29 is 9.53 Å². The maximum atomic E-state index is 12.3. The highest BCUT2D eigenvalue weighted by molar-refractivity contribution is 5.91. The van der Waals surface area contributed by atoms with E-state index >= 15 is 0 Å². The third kappa shape index (κ3) is 2.79. The highest BCUT2D eigenvalue weighted by Crippen LogP contribution is 2.26. The van der Waals surface area contributed by atoms with Gasteiger partial charge in [0.1, 0.15) is 0 Å². The van der Waals surface area contributed by atoms with E-state index in [1.54, 1.807) is 12.0 Å². The van der Waals surface area contributed by atoms with Gasteiger partial charge in [0.05, 0.1) is 12.5 Å². The zero-order valence-electron chi connectivity index (χ0n) is 11.6. The number of nitrogens with zero attached hydrogens (tertiary/aromatic N) is 1. The summed E-state index contributed by atoms with van der Waals surface area (Å²) in [4.78, 5) is 17.3. The van der Waals surface area contributed by atoms with E-state index in [9.17, 15) is 4.79 Å². The largest absolute Gasteiger partial charge is 0.383 e. The van der Waals surface area contributed by atoms with Crippen LogP contribution in [0.15, 0.2) is 30.5 Å². The first-order chi connectivity index (χ1) is 9.15. The average molecular weight is 260 g/mol. The number of methoxy groups -OCH3 is 1. The lowest BCUT2D eigenvalue weighted by molar-refractivity contribution is -0.131. The van der Waals surface area contributed by atoms with E-state index in [2.05, 4.69) is 4.98 Å². The first kappa shape index (κ1) is 13.6. The Kier molecular flexibility index (Phi) is 4.22. The average Bonchev–Trinajstić information content (AvgIpc) is 2.87. The third-order valence-corrected chi connectivity index (χ3v) is 3.47. The Morgan fingerprint density at radius 1 is 1.42 bits per heavy atom. The topological polar surface area (TPSA) is 45.3 Å². The molecule has 4 heteroatoms. The number of likely N-dealkylation sites (N-methyl/N-ethyl adjacent to an activating group) is 1. The van der Waals surface area contributed by atoms with Gasteiger partial charge in [-0.3, -0.25) is 4.79 Å². The van der Waals surface area contributed by atoms with E-state index in [0.717, 1.165) is 16.5 Å². The number of para-hydroxylation sites is 1. The van der Waals surface area contributed by atoms with Crippen LogP contribution in [0, 0.1) is 0 Å². The molecule has 1 heterocycles. The lowest BCUT2D eigenvalue weighted by Gasteiger charge is -2.20. The Hall–Kier alpha value is -1.81. The molecule has 1 unspecified atom stereocenters. The number of rotatable bonds is 5. The Morgan fingerprint density at radius 3 is 2.89 bits per heavy atom. The summed E-state index contributed by atoms with van der Waals surface area (Å²) in [6.45, 7) is 3.12. The molecule has 1 amide bonds. The number of aromatic amines is 1. The Balaban J connectivity index is 2.19. The van der Waals surface area contributed by atoms with Crippen LogP contribution >= 0.6 is 0 Å². The molecule has 0 spiro atoms. The first-order valence-corrected chi connectivity index (χ1v) is 6.45. The first-order valence-electron chi connectivity index (χ1n) is 6.45. The number of benzene rings is 1. The summed E-state index contributed by atoms with van der Waals surface area (Å²) < 4.78 is 5.00. The normalized spacial score (nSPS) is 12.6. The van der Waals surface area contributed by atoms with E-state index in [4.69, 9.17) is 4.74 Å². The molecule has 2 aromatic rings. The van der Waals surface area contributed by atoms with Crippen molar-refractivity contribution in [3.8, 4) is 0 Å². The van der Waals surface area contributed by atoms with Crippen molar-refractivity contribution in [1.29, 1.82) is 0 Å². The molecule has 1 N–H and O–H groups in total. The summed E-state index contributed by atoms with van der Waals surface area (Å²) in [6, 6.07) is 8.04. The van der Waals surface area contributed by atoms with Crippen LogP contribution in [0.5, 0.6) is 0 Å². The van der Waals surface area contributed by atoms with Gasteiger partial charge >= 0.3 is 0 Å². The van der Waals surface area contributed by atoms with Crippen molar-refractivity contribution in [2.75, 3.05) is 27.3 Å². The lowest BCUT2D eigenvalue weighted by Crippen LogP contribution is -2.33. The number of nitrogens with one attached hydrogen (secondary N) is 1. The maximum Gasteiger partial charge on any atom is 0.229 e. The van der Waals surface area contributed by atoms with Gasteiger partial charge in [0.15, 0.2) is 0 Å². The molecule has 2 rings (SSSR count). The number of fused-ring (bicyclic) bond motifs is 1. The molecule has 1 aromatic heterocycles. The van der Waals surface area contributed by atoms with E-state index in [1.165, 1.54) is 0 Å². The number of amides is 1. The summed E-state index contributed by atoms with van der Waals surface area (Å²) in [5.41, 5.74) is 2.11. The minimum Gasteiger partial charge on any atom is -0.383 e. The maximum absolute atomic E-state index is 12.3. The van der Waals surface area contributed by atoms with Crippen molar-refractivity contribution in [2.45, 2.75) is 12.8 Å². The summed E-state index contributed by atoms with van der Waals surface area (Å²) in [5.74, 6) is -0.0418. The van der Waals surface area contributed by atoms with Crippen LogP contribution in [0.1, 0.15) is 18.4 Å². The molecule has 0 saturated heterocycles. The minimum absolute atomic E-state index is 0.113. The fraction of sp³-hybridized carbons (Fsp3) is 0.400. The molecule has 0 aliphatic rings. The number of aromatic nitrogens is 1. The monoisotopic (exact) mass is 260 g/mol. The highest BCUT2D eigenvalue weighted by atomic mass is 16.5. The molecule has 0 fully saturated rings. The molecule has 0 radical (unpaired) electrons. The smallest absolute Gasteiger partial charge is 0.229 e. The predicted molar refractivity (Wildman–Crippen MR) is 76.2 cm³/mol. The third-order valence-electron chi connectivity index (χ3n) is 3.47. The van der Waals surface area contributed by atoms with E-state index in [0.29, 0.717) is 13.2 Å². The predicted octanol–water partition coefficient (Wildman–Crippen LogP) is 2.38. The molecule has 0 aliphatic heterocycles. The standard InChI is InChI=1S/C15H20N2O2/c1-11(15(18)17(2)8-9-19-3)13-10-16-14-7-5-4-6-12(13)14/h4-7,10-11,16H,8-9H2,1-3H3. The molecule has 0 bridgehead atoms.